The lowest BCUT2D eigenvalue weighted by Crippen LogP contribution is -2.16. The minimum absolute atomic E-state index is 0.233. The summed E-state index contributed by atoms with van der Waals surface area (Å²) < 4.78 is 9.85. The van der Waals surface area contributed by atoms with Crippen molar-refractivity contribution in [2.45, 2.75) is 6.42 Å². The van der Waals surface area contributed by atoms with Crippen LogP contribution in [0.4, 0.5) is 0 Å². The lowest BCUT2D eigenvalue weighted by Gasteiger charge is -2.08. The highest BCUT2D eigenvalue weighted by Gasteiger charge is 2.12. The first kappa shape index (κ1) is 13.6. The van der Waals surface area contributed by atoms with Crippen molar-refractivity contribution in [2.75, 3.05) is 20.3 Å². The molecule has 0 saturated carbocycles. The second-order valence-electron chi connectivity index (χ2n) is 3.43. The Morgan fingerprint density at radius 2 is 2.06 bits per heavy atom. The second kappa shape index (κ2) is 6.98. The molecule has 0 radical (unpaired) electrons. The maximum atomic E-state index is 11.8. The SMILES string of the molecule is COCCOC(=O)c1ccccc1CC(N)=S. The van der Waals surface area contributed by atoms with Crippen LogP contribution < -0.4 is 5.73 Å². The predicted octanol–water partition coefficient (Wildman–Crippen LogP) is 1.32. The molecule has 0 unspecified atom stereocenters. The summed E-state index contributed by atoms with van der Waals surface area (Å²) in [5, 5.41) is 0. The van der Waals surface area contributed by atoms with Gasteiger partial charge in [-0.25, -0.2) is 4.79 Å². The van der Waals surface area contributed by atoms with Gasteiger partial charge in [0.05, 0.1) is 17.2 Å². The number of methoxy groups -OCH3 is 1. The summed E-state index contributed by atoms with van der Waals surface area (Å²) in [6, 6.07) is 7.12. The number of carbonyl (C=O) groups excluding carboxylic acids is 1. The highest BCUT2D eigenvalue weighted by molar-refractivity contribution is 7.80. The number of nitrogens with two attached hydrogens (primary N) is 1. The van der Waals surface area contributed by atoms with E-state index in [0.29, 0.717) is 23.6 Å². The van der Waals surface area contributed by atoms with E-state index in [9.17, 15) is 4.79 Å². The molecule has 92 valence electrons. The molecule has 0 bridgehead atoms. The quantitative estimate of drug-likeness (QED) is 0.470. The van der Waals surface area contributed by atoms with Crippen molar-refractivity contribution in [2.24, 2.45) is 5.73 Å². The van der Waals surface area contributed by atoms with Crippen LogP contribution in [0.25, 0.3) is 0 Å². The molecule has 0 amide bonds. The number of carbonyl (C=O) groups is 1. The minimum Gasteiger partial charge on any atom is -0.460 e. The standard InChI is InChI=1S/C12H15NO3S/c1-15-6-7-16-12(14)10-5-3-2-4-9(10)8-11(13)17/h2-5H,6-8H2,1H3,(H2,13,17). The van der Waals surface area contributed by atoms with Gasteiger partial charge in [0, 0.05) is 13.5 Å². The van der Waals surface area contributed by atoms with Gasteiger partial charge in [-0.15, -0.1) is 0 Å². The first-order chi connectivity index (χ1) is 8.15. The maximum absolute atomic E-state index is 11.8. The van der Waals surface area contributed by atoms with E-state index in [0.717, 1.165) is 5.56 Å². The van der Waals surface area contributed by atoms with Crippen molar-refractivity contribution in [3.05, 3.63) is 35.4 Å². The summed E-state index contributed by atoms with van der Waals surface area (Å²) in [6.45, 7) is 0.611. The van der Waals surface area contributed by atoms with Gasteiger partial charge in [-0.05, 0) is 11.6 Å². The Balaban J connectivity index is 2.74. The fraction of sp³-hybridized carbons (Fsp3) is 0.333. The fourth-order valence-electron chi connectivity index (χ4n) is 1.36. The first-order valence-corrected chi connectivity index (χ1v) is 5.58. The molecular formula is C12H15NO3S. The largest absolute Gasteiger partial charge is 0.460 e. The summed E-state index contributed by atoms with van der Waals surface area (Å²) in [5.74, 6) is -0.381. The highest BCUT2D eigenvalue weighted by Crippen LogP contribution is 2.11. The molecule has 0 atom stereocenters. The van der Waals surface area contributed by atoms with Crippen LogP contribution in [-0.2, 0) is 15.9 Å². The molecule has 4 nitrogen and oxygen atoms in total. The van der Waals surface area contributed by atoms with E-state index in [2.05, 4.69) is 0 Å². The van der Waals surface area contributed by atoms with Gasteiger partial charge in [0.25, 0.3) is 0 Å². The third kappa shape index (κ3) is 4.50. The van der Waals surface area contributed by atoms with Crippen LogP contribution >= 0.6 is 12.2 Å². The van der Waals surface area contributed by atoms with Gasteiger partial charge >= 0.3 is 5.97 Å². The summed E-state index contributed by atoms with van der Waals surface area (Å²) in [7, 11) is 1.55. The Hall–Kier alpha value is -1.46. The zero-order chi connectivity index (χ0) is 12.7. The van der Waals surface area contributed by atoms with Crippen LogP contribution in [0.2, 0.25) is 0 Å². The molecule has 0 aromatic heterocycles. The summed E-state index contributed by atoms with van der Waals surface area (Å²) in [5.41, 5.74) is 6.75. The van der Waals surface area contributed by atoms with E-state index in [4.69, 9.17) is 27.4 Å². The Bertz CT molecular complexity index is 406. The minimum atomic E-state index is -0.381. The van der Waals surface area contributed by atoms with E-state index in [1.54, 1.807) is 19.2 Å². The van der Waals surface area contributed by atoms with Gasteiger partial charge in [0.15, 0.2) is 0 Å². The zero-order valence-corrected chi connectivity index (χ0v) is 10.5. The molecule has 1 rings (SSSR count). The molecule has 0 aliphatic rings. The normalized spacial score (nSPS) is 9.94. The van der Waals surface area contributed by atoms with Gasteiger partial charge in [0.1, 0.15) is 6.61 Å². The number of hydrogen-bond donors (Lipinski definition) is 1. The lowest BCUT2D eigenvalue weighted by atomic mass is 10.0. The molecule has 0 spiro atoms. The monoisotopic (exact) mass is 253 g/mol. The van der Waals surface area contributed by atoms with Gasteiger partial charge in [-0.1, -0.05) is 30.4 Å². The summed E-state index contributed by atoms with van der Waals surface area (Å²) >= 11 is 4.84. The number of thiocarbonyl (C=S) groups is 1. The zero-order valence-electron chi connectivity index (χ0n) is 9.64. The van der Waals surface area contributed by atoms with Crippen LogP contribution in [-0.4, -0.2) is 31.3 Å². The molecule has 5 heteroatoms. The van der Waals surface area contributed by atoms with Crippen LogP contribution in [0, 0.1) is 0 Å². The molecule has 0 fully saturated rings. The Morgan fingerprint density at radius 1 is 1.35 bits per heavy atom. The molecular weight excluding hydrogens is 238 g/mol. The van der Waals surface area contributed by atoms with E-state index < -0.39 is 0 Å². The molecule has 0 saturated heterocycles. The molecule has 1 aromatic carbocycles. The smallest absolute Gasteiger partial charge is 0.338 e. The van der Waals surface area contributed by atoms with Crippen LogP contribution in [0.15, 0.2) is 24.3 Å². The van der Waals surface area contributed by atoms with Crippen molar-refractivity contribution >= 4 is 23.2 Å². The summed E-state index contributed by atoms with van der Waals surface area (Å²) in [6.07, 6.45) is 0.394. The number of rotatable bonds is 6. The van der Waals surface area contributed by atoms with Crippen molar-refractivity contribution in [1.82, 2.24) is 0 Å². The van der Waals surface area contributed by atoms with Crippen LogP contribution in [0.3, 0.4) is 0 Å². The van der Waals surface area contributed by atoms with Crippen molar-refractivity contribution < 1.29 is 14.3 Å². The Morgan fingerprint density at radius 3 is 2.71 bits per heavy atom. The molecule has 17 heavy (non-hydrogen) atoms. The second-order valence-corrected chi connectivity index (χ2v) is 3.95. The topological polar surface area (TPSA) is 61.5 Å². The van der Waals surface area contributed by atoms with E-state index >= 15 is 0 Å². The molecule has 0 aliphatic carbocycles. The number of benzene rings is 1. The molecule has 0 aliphatic heterocycles. The molecule has 2 N–H and O–H groups in total. The third-order valence-corrected chi connectivity index (χ3v) is 2.27. The number of esters is 1. The Kier molecular flexibility index (Phi) is 5.59. The van der Waals surface area contributed by atoms with Crippen LogP contribution in [0.1, 0.15) is 15.9 Å². The molecule has 1 aromatic rings. The van der Waals surface area contributed by atoms with Crippen molar-refractivity contribution in [1.29, 1.82) is 0 Å². The third-order valence-electron chi connectivity index (χ3n) is 2.12. The maximum Gasteiger partial charge on any atom is 0.338 e. The molecule has 0 heterocycles. The highest BCUT2D eigenvalue weighted by atomic mass is 32.1. The van der Waals surface area contributed by atoms with Crippen molar-refractivity contribution in [3.63, 3.8) is 0 Å². The van der Waals surface area contributed by atoms with E-state index in [1.807, 2.05) is 12.1 Å². The van der Waals surface area contributed by atoms with Crippen LogP contribution in [0.5, 0.6) is 0 Å². The summed E-state index contributed by atoms with van der Waals surface area (Å²) in [4.78, 5) is 12.1. The van der Waals surface area contributed by atoms with Gasteiger partial charge in [0.2, 0.25) is 0 Å². The fourth-order valence-corrected chi connectivity index (χ4v) is 1.51. The van der Waals surface area contributed by atoms with E-state index in [1.165, 1.54) is 0 Å². The Labute approximate surface area is 106 Å². The predicted molar refractivity (Wildman–Crippen MR) is 69.1 cm³/mol. The van der Waals surface area contributed by atoms with Crippen molar-refractivity contribution in [3.8, 4) is 0 Å². The average molecular weight is 253 g/mol. The first-order valence-electron chi connectivity index (χ1n) is 5.17. The average Bonchev–Trinajstić information content (AvgIpc) is 2.29. The van der Waals surface area contributed by atoms with Gasteiger partial charge in [-0.3, -0.25) is 0 Å². The van der Waals surface area contributed by atoms with Gasteiger partial charge in [-0.2, -0.15) is 0 Å². The number of hydrogen-bond acceptors (Lipinski definition) is 4. The van der Waals surface area contributed by atoms with E-state index in [-0.39, 0.29) is 12.6 Å². The van der Waals surface area contributed by atoms with Gasteiger partial charge < -0.3 is 15.2 Å². The lowest BCUT2D eigenvalue weighted by molar-refractivity contribution is 0.0387. The number of ether oxygens (including phenoxy) is 2.